The molecular weight excluding hydrogens is 344 g/mol. The summed E-state index contributed by atoms with van der Waals surface area (Å²) in [5, 5.41) is 9.25. The second-order valence-corrected chi connectivity index (χ2v) is 7.27. The lowest BCUT2D eigenvalue weighted by Gasteiger charge is -2.09. The van der Waals surface area contributed by atoms with E-state index in [2.05, 4.69) is 31.2 Å². The molecule has 0 aliphatic heterocycles. The van der Waals surface area contributed by atoms with E-state index in [1.54, 1.807) is 19.2 Å². The quantitative estimate of drug-likeness (QED) is 0.627. The second-order valence-electron chi connectivity index (χ2n) is 5.74. The largest absolute Gasteiger partial charge is 0.495 e. The molecular formula is C16H18N4O2S2. The van der Waals surface area contributed by atoms with Crippen LogP contribution < -0.4 is 15.4 Å². The fourth-order valence-electron chi connectivity index (χ4n) is 1.53. The van der Waals surface area contributed by atoms with Gasteiger partial charge in [0.2, 0.25) is 10.3 Å². The third-order valence-corrected chi connectivity index (χ3v) is 3.87. The molecule has 0 spiro atoms. The molecule has 0 unspecified atom stereocenters. The second kappa shape index (κ2) is 8.04. The molecule has 0 radical (unpaired) electrons. The molecule has 8 heteroatoms. The lowest BCUT2D eigenvalue weighted by atomic mass is 9.99. The smallest absolute Gasteiger partial charge is 0.325 e. The highest BCUT2D eigenvalue weighted by molar-refractivity contribution is 8.03. The van der Waals surface area contributed by atoms with Crippen molar-refractivity contribution in [2.24, 2.45) is 5.41 Å². The third-order valence-electron chi connectivity index (χ3n) is 2.55. The number of hydrogen-bond acceptors (Lipinski definition) is 6. The Morgan fingerprint density at radius 2 is 2.04 bits per heavy atom. The first-order valence-corrected chi connectivity index (χ1v) is 8.70. The number of ether oxygens (including phenoxy) is 1. The van der Waals surface area contributed by atoms with Gasteiger partial charge in [0.1, 0.15) is 5.75 Å². The molecule has 0 atom stereocenters. The van der Waals surface area contributed by atoms with Crippen LogP contribution in [0.15, 0.2) is 29.4 Å². The highest BCUT2D eigenvalue weighted by Crippen LogP contribution is 2.24. The van der Waals surface area contributed by atoms with Crippen molar-refractivity contribution >= 4 is 40.1 Å². The Kier molecular flexibility index (Phi) is 6.06. The van der Waals surface area contributed by atoms with E-state index >= 15 is 0 Å². The Morgan fingerprint density at radius 1 is 1.29 bits per heavy atom. The van der Waals surface area contributed by atoms with Crippen molar-refractivity contribution in [3.63, 3.8) is 0 Å². The van der Waals surface area contributed by atoms with Gasteiger partial charge >= 0.3 is 6.03 Å². The first kappa shape index (κ1) is 18.1. The topological polar surface area (TPSA) is 76.1 Å². The number of amides is 2. The standard InChI is InChI=1S/C16H18N4O2S2/c1-16(2,3)9-10-23-15-19-14(24-20-15)18-13(21)17-11-7-5-6-8-12(11)22-4/h5-8H,1-4H3,(H2,17,18,19,20,21). The molecule has 0 aliphatic rings. The minimum Gasteiger partial charge on any atom is -0.495 e. The molecule has 0 saturated carbocycles. The Bertz CT molecular complexity index is 772. The molecule has 0 saturated heterocycles. The average molecular weight is 362 g/mol. The summed E-state index contributed by atoms with van der Waals surface area (Å²) in [4.78, 5) is 16.2. The molecule has 2 N–H and O–H groups in total. The van der Waals surface area contributed by atoms with E-state index in [0.29, 0.717) is 21.7 Å². The summed E-state index contributed by atoms with van der Waals surface area (Å²) in [6.07, 6.45) is 0. The lowest BCUT2D eigenvalue weighted by molar-refractivity contribution is 0.262. The van der Waals surface area contributed by atoms with Gasteiger partial charge in [-0.1, -0.05) is 18.1 Å². The predicted molar refractivity (Wildman–Crippen MR) is 98.6 cm³/mol. The average Bonchev–Trinajstić information content (AvgIpc) is 2.93. The summed E-state index contributed by atoms with van der Waals surface area (Å²) in [6, 6.07) is 6.75. The Labute approximate surface area is 149 Å². The molecule has 1 aromatic carbocycles. The molecule has 1 aromatic heterocycles. The first-order valence-electron chi connectivity index (χ1n) is 7.11. The van der Waals surface area contributed by atoms with Gasteiger partial charge in [0.25, 0.3) is 0 Å². The van der Waals surface area contributed by atoms with Crippen molar-refractivity contribution < 1.29 is 9.53 Å². The zero-order valence-corrected chi connectivity index (χ0v) is 15.5. The number of urea groups is 1. The summed E-state index contributed by atoms with van der Waals surface area (Å²) in [5.74, 6) is 3.67. The van der Waals surface area contributed by atoms with Gasteiger partial charge in [0.05, 0.1) is 12.8 Å². The van der Waals surface area contributed by atoms with Crippen molar-refractivity contribution in [3.05, 3.63) is 24.3 Å². The molecule has 0 fully saturated rings. The monoisotopic (exact) mass is 362 g/mol. The van der Waals surface area contributed by atoms with Gasteiger partial charge in [0.15, 0.2) is 0 Å². The SMILES string of the molecule is COc1ccccc1NC(=O)Nc1nc(SC#CC(C)(C)C)ns1. The summed E-state index contributed by atoms with van der Waals surface area (Å²) < 4.78 is 9.34. The van der Waals surface area contributed by atoms with Crippen LogP contribution in [-0.2, 0) is 0 Å². The van der Waals surface area contributed by atoms with Crippen LogP contribution in [0.3, 0.4) is 0 Å². The van der Waals surface area contributed by atoms with Crippen LogP contribution in [0.1, 0.15) is 20.8 Å². The maximum Gasteiger partial charge on any atom is 0.325 e. The van der Waals surface area contributed by atoms with Crippen LogP contribution in [0.5, 0.6) is 5.75 Å². The summed E-state index contributed by atoms with van der Waals surface area (Å²) in [7, 11) is 1.55. The number of nitrogens with zero attached hydrogens (tertiary/aromatic N) is 2. The van der Waals surface area contributed by atoms with Gasteiger partial charge in [-0.2, -0.15) is 9.36 Å². The molecule has 1 heterocycles. The van der Waals surface area contributed by atoms with Crippen molar-refractivity contribution in [1.29, 1.82) is 0 Å². The van der Waals surface area contributed by atoms with Crippen molar-refractivity contribution in [1.82, 2.24) is 9.36 Å². The van der Waals surface area contributed by atoms with E-state index in [9.17, 15) is 4.79 Å². The van der Waals surface area contributed by atoms with E-state index in [0.717, 1.165) is 11.5 Å². The minimum atomic E-state index is -0.409. The van der Waals surface area contributed by atoms with E-state index < -0.39 is 6.03 Å². The highest BCUT2D eigenvalue weighted by Gasteiger charge is 2.10. The predicted octanol–water partition coefficient (Wildman–Crippen LogP) is 4.29. The number of nitrogens with one attached hydrogen (secondary N) is 2. The zero-order chi connectivity index (χ0) is 17.6. The van der Waals surface area contributed by atoms with Crippen LogP contribution in [0.25, 0.3) is 0 Å². The summed E-state index contributed by atoms with van der Waals surface area (Å²) >= 11 is 2.34. The first-order chi connectivity index (χ1) is 11.4. The molecule has 2 amide bonds. The number of benzene rings is 1. The molecule has 126 valence electrons. The Balaban J connectivity index is 1.94. The normalized spacial score (nSPS) is 10.5. The van der Waals surface area contributed by atoms with Crippen LogP contribution >= 0.6 is 23.3 Å². The van der Waals surface area contributed by atoms with Crippen molar-refractivity contribution in [2.75, 3.05) is 17.7 Å². The molecule has 2 aromatic rings. The van der Waals surface area contributed by atoms with Gasteiger partial charge in [-0.3, -0.25) is 5.32 Å². The molecule has 24 heavy (non-hydrogen) atoms. The number of carbonyl (C=O) groups excluding carboxylic acids is 1. The van der Waals surface area contributed by atoms with E-state index in [4.69, 9.17) is 4.74 Å². The number of aromatic nitrogens is 2. The summed E-state index contributed by atoms with van der Waals surface area (Å²) in [6.45, 7) is 6.10. The maximum absolute atomic E-state index is 12.0. The van der Waals surface area contributed by atoms with Gasteiger partial charge in [0, 0.05) is 28.7 Å². The van der Waals surface area contributed by atoms with Crippen LogP contribution in [0.2, 0.25) is 0 Å². The van der Waals surface area contributed by atoms with Gasteiger partial charge < -0.3 is 10.1 Å². The van der Waals surface area contributed by atoms with Gasteiger partial charge in [-0.15, -0.1) is 0 Å². The fourth-order valence-corrected chi connectivity index (χ4v) is 2.90. The number of thioether (sulfide) groups is 1. The van der Waals surface area contributed by atoms with Crippen LogP contribution in [0, 0.1) is 16.6 Å². The molecule has 0 bridgehead atoms. The van der Waals surface area contributed by atoms with Crippen molar-refractivity contribution in [3.8, 4) is 16.9 Å². The molecule has 2 rings (SSSR count). The molecule has 6 nitrogen and oxygen atoms in total. The number of hydrogen-bond donors (Lipinski definition) is 2. The fraction of sp³-hybridized carbons (Fsp3) is 0.312. The summed E-state index contributed by atoms with van der Waals surface area (Å²) in [5.41, 5.74) is 0.506. The lowest BCUT2D eigenvalue weighted by Crippen LogP contribution is -2.19. The zero-order valence-electron chi connectivity index (χ0n) is 13.8. The molecule has 0 aliphatic carbocycles. The third kappa shape index (κ3) is 5.76. The van der Waals surface area contributed by atoms with E-state index in [1.807, 2.05) is 32.9 Å². The van der Waals surface area contributed by atoms with Crippen LogP contribution in [0.4, 0.5) is 15.6 Å². The van der Waals surface area contributed by atoms with E-state index in [1.165, 1.54) is 11.8 Å². The number of rotatable bonds is 4. The number of methoxy groups -OCH3 is 1. The highest BCUT2D eigenvalue weighted by atomic mass is 32.2. The number of para-hydroxylation sites is 2. The Hall–Kier alpha value is -2.24. The maximum atomic E-state index is 12.0. The van der Waals surface area contributed by atoms with Crippen LogP contribution in [-0.4, -0.2) is 22.5 Å². The van der Waals surface area contributed by atoms with Gasteiger partial charge in [-0.05, 0) is 38.2 Å². The van der Waals surface area contributed by atoms with Crippen molar-refractivity contribution in [2.45, 2.75) is 25.9 Å². The number of anilines is 2. The Morgan fingerprint density at radius 3 is 2.75 bits per heavy atom. The minimum absolute atomic E-state index is 0.0707. The van der Waals surface area contributed by atoms with Gasteiger partial charge in [-0.25, -0.2) is 4.79 Å². The number of carbonyl (C=O) groups is 1. The van der Waals surface area contributed by atoms with E-state index in [-0.39, 0.29) is 5.41 Å².